The second-order valence-corrected chi connectivity index (χ2v) is 12.4. The third-order valence-corrected chi connectivity index (χ3v) is 8.39. The Labute approximate surface area is 266 Å². The van der Waals surface area contributed by atoms with E-state index < -0.39 is 5.79 Å². The molecule has 238 valence electrons. The van der Waals surface area contributed by atoms with Gasteiger partial charge in [0.2, 0.25) is 0 Å². The largest absolute Gasteiger partial charge is 0.494 e. The second kappa shape index (κ2) is 15.2. The summed E-state index contributed by atoms with van der Waals surface area (Å²) in [7, 11) is 0. The van der Waals surface area contributed by atoms with Crippen LogP contribution in [-0.2, 0) is 32.2 Å². The quantitative estimate of drug-likeness (QED) is 0.154. The van der Waals surface area contributed by atoms with Gasteiger partial charge in [-0.05, 0) is 84.6 Å². The molecule has 7 heteroatoms. The van der Waals surface area contributed by atoms with Gasteiger partial charge in [0, 0.05) is 18.9 Å². The average molecular weight is 612 g/mol. The summed E-state index contributed by atoms with van der Waals surface area (Å²) in [5, 5.41) is 5.83. The summed E-state index contributed by atoms with van der Waals surface area (Å²) < 4.78 is 35.9. The third-order valence-electron chi connectivity index (χ3n) is 8.39. The van der Waals surface area contributed by atoms with Gasteiger partial charge >= 0.3 is 0 Å². The Morgan fingerprint density at radius 3 is 2.44 bits per heavy atom. The molecule has 1 N–H and O–H groups in total. The lowest BCUT2D eigenvalue weighted by Crippen LogP contribution is -2.40. The average Bonchev–Trinajstić information content (AvgIpc) is 3.43. The molecule has 4 aromatic rings. The fourth-order valence-corrected chi connectivity index (χ4v) is 6.00. The Hall–Kier alpha value is -3.46. The molecule has 2 saturated heterocycles. The standard InChI is InChI=1S/C38H45NO6/c1-38(2)44-27-35(45-38)26-42-34-16-11-30-10-9-29(21-32(30)22-34)25-43-37-23-39-18-17-36(37)31-12-14-33(15-13-31)41-20-6-19-40-24-28-7-4-3-5-8-28/h3-5,7-16,21-22,35-37,39H,6,17-20,23-27H2,1-2H3. The van der Waals surface area contributed by atoms with Crippen molar-refractivity contribution in [1.29, 1.82) is 0 Å². The molecular weight excluding hydrogens is 566 g/mol. The van der Waals surface area contributed by atoms with Gasteiger partial charge in [-0.25, -0.2) is 0 Å². The van der Waals surface area contributed by atoms with Crippen molar-refractivity contribution in [3.05, 3.63) is 108 Å². The number of hydrogen-bond donors (Lipinski definition) is 1. The van der Waals surface area contributed by atoms with Crippen LogP contribution in [-0.4, -0.2) is 57.5 Å². The van der Waals surface area contributed by atoms with Crippen LogP contribution < -0.4 is 14.8 Å². The summed E-state index contributed by atoms with van der Waals surface area (Å²) in [6, 6.07) is 31.5. The van der Waals surface area contributed by atoms with E-state index in [0.717, 1.165) is 48.4 Å². The van der Waals surface area contributed by atoms with Crippen molar-refractivity contribution in [1.82, 2.24) is 5.32 Å². The van der Waals surface area contributed by atoms with Crippen LogP contribution in [0.25, 0.3) is 10.8 Å². The number of fused-ring (bicyclic) bond motifs is 1. The van der Waals surface area contributed by atoms with Gasteiger partial charge in [-0.1, -0.05) is 60.7 Å². The van der Waals surface area contributed by atoms with Crippen molar-refractivity contribution < 1.29 is 28.4 Å². The lowest BCUT2D eigenvalue weighted by molar-refractivity contribution is -0.141. The van der Waals surface area contributed by atoms with Crippen LogP contribution in [0.3, 0.4) is 0 Å². The molecule has 0 radical (unpaired) electrons. The first-order valence-electron chi connectivity index (χ1n) is 16.1. The predicted octanol–water partition coefficient (Wildman–Crippen LogP) is 7.02. The molecular formula is C38H45NO6. The normalized spacial score (nSPS) is 21.2. The van der Waals surface area contributed by atoms with Crippen molar-refractivity contribution in [3.63, 3.8) is 0 Å². The van der Waals surface area contributed by atoms with Crippen molar-refractivity contribution in [2.24, 2.45) is 0 Å². The smallest absolute Gasteiger partial charge is 0.163 e. The number of nitrogens with one attached hydrogen (secondary N) is 1. The highest BCUT2D eigenvalue weighted by Crippen LogP contribution is 2.31. The third kappa shape index (κ3) is 9.06. The first-order valence-corrected chi connectivity index (χ1v) is 16.1. The molecule has 7 nitrogen and oxygen atoms in total. The van der Waals surface area contributed by atoms with E-state index in [4.69, 9.17) is 28.4 Å². The molecule has 2 aliphatic heterocycles. The van der Waals surface area contributed by atoms with Gasteiger partial charge in [0.1, 0.15) is 24.2 Å². The molecule has 0 aromatic heterocycles. The van der Waals surface area contributed by atoms with E-state index in [0.29, 0.717) is 45.6 Å². The first-order chi connectivity index (χ1) is 22.0. The summed E-state index contributed by atoms with van der Waals surface area (Å²) >= 11 is 0. The zero-order chi connectivity index (χ0) is 30.9. The molecule has 4 aromatic carbocycles. The van der Waals surface area contributed by atoms with E-state index in [9.17, 15) is 0 Å². The maximum Gasteiger partial charge on any atom is 0.163 e. The van der Waals surface area contributed by atoms with E-state index in [2.05, 4.69) is 72.0 Å². The lowest BCUT2D eigenvalue weighted by Gasteiger charge is -2.32. The molecule has 0 aliphatic carbocycles. The minimum Gasteiger partial charge on any atom is -0.494 e. The highest BCUT2D eigenvalue weighted by molar-refractivity contribution is 5.84. The van der Waals surface area contributed by atoms with Gasteiger partial charge in [-0.2, -0.15) is 0 Å². The van der Waals surface area contributed by atoms with Crippen molar-refractivity contribution in [2.75, 3.05) is 39.5 Å². The van der Waals surface area contributed by atoms with E-state index in [1.165, 1.54) is 16.5 Å². The van der Waals surface area contributed by atoms with Crippen LogP contribution in [0.5, 0.6) is 11.5 Å². The van der Waals surface area contributed by atoms with Gasteiger partial charge in [-0.15, -0.1) is 0 Å². The molecule has 0 amide bonds. The fourth-order valence-electron chi connectivity index (χ4n) is 6.00. The molecule has 2 aliphatic rings. The molecule has 2 heterocycles. The Morgan fingerprint density at radius 2 is 1.62 bits per heavy atom. The summed E-state index contributed by atoms with van der Waals surface area (Å²) in [5.41, 5.74) is 3.63. The highest BCUT2D eigenvalue weighted by Gasteiger charge is 2.33. The minimum absolute atomic E-state index is 0.0633. The molecule has 45 heavy (non-hydrogen) atoms. The molecule has 0 saturated carbocycles. The monoisotopic (exact) mass is 611 g/mol. The van der Waals surface area contributed by atoms with Crippen LogP contribution in [0.1, 0.15) is 49.3 Å². The fraction of sp³-hybridized carbons (Fsp3) is 0.421. The SMILES string of the molecule is CC1(C)OCC(COc2ccc3ccc(COC4CNCCC4c4ccc(OCCCOCc5ccccc5)cc4)cc3c2)O1. The Morgan fingerprint density at radius 1 is 0.800 bits per heavy atom. The van der Waals surface area contributed by atoms with Crippen LogP contribution in [0.4, 0.5) is 0 Å². The molecule has 6 rings (SSSR count). The molecule has 3 unspecified atom stereocenters. The number of rotatable bonds is 14. The van der Waals surface area contributed by atoms with E-state index in [1.807, 2.05) is 38.1 Å². The lowest BCUT2D eigenvalue weighted by atomic mass is 9.87. The number of ether oxygens (including phenoxy) is 6. The second-order valence-electron chi connectivity index (χ2n) is 12.4. The molecule has 3 atom stereocenters. The van der Waals surface area contributed by atoms with Crippen molar-refractivity contribution in [2.45, 2.75) is 63.8 Å². The first kappa shape index (κ1) is 31.5. The number of benzene rings is 4. The topological polar surface area (TPSA) is 67.4 Å². The van der Waals surface area contributed by atoms with Crippen LogP contribution in [0.15, 0.2) is 91.0 Å². The zero-order valence-electron chi connectivity index (χ0n) is 26.4. The molecule has 0 spiro atoms. The van der Waals surface area contributed by atoms with E-state index >= 15 is 0 Å². The maximum atomic E-state index is 6.54. The maximum absolute atomic E-state index is 6.54. The molecule has 2 fully saturated rings. The Balaban J connectivity index is 0.976. The van der Waals surface area contributed by atoms with Crippen molar-refractivity contribution in [3.8, 4) is 11.5 Å². The van der Waals surface area contributed by atoms with Gasteiger partial charge in [0.15, 0.2) is 5.79 Å². The van der Waals surface area contributed by atoms with E-state index in [-0.39, 0.29) is 12.2 Å². The summed E-state index contributed by atoms with van der Waals surface area (Å²) in [4.78, 5) is 0. The van der Waals surface area contributed by atoms with E-state index in [1.54, 1.807) is 0 Å². The minimum atomic E-state index is -0.546. The predicted molar refractivity (Wildman–Crippen MR) is 176 cm³/mol. The summed E-state index contributed by atoms with van der Waals surface area (Å²) in [6.45, 7) is 9.19. The zero-order valence-corrected chi connectivity index (χ0v) is 26.4. The number of piperidine rings is 1. The van der Waals surface area contributed by atoms with Crippen LogP contribution in [0.2, 0.25) is 0 Å². The van der Waals surface area contributed by atoms with Gasteiger partial charge in [0.25, 0.3) is 0 Å². The van der Waals surface area contributed by atoms with Gasteiger partial charge in [0.05, 0.1) is 39.1 Å². The summed E-state index contributed by atoms with van der Waals surface area (Å²) in [5.74, 6) is 1.50. The van der Waals surface area contributed by atoms with Gasteiger partial charge in [-0.3, -0.25) is 0 Å². The van der Waals surface area contributed by atoms with Crippen LogP contribution in [0, 0.1) is 0 Å². The van der Waals surface area contributed by atoms with Gasteiger partial charge < -0.3 is 33.7 Å². The highest BCUT2D eigenvalue weighted by atomic mass is 16.7. The van der Waals surface area contributed by atoms with Crippen molar-refractivity contribution >= 4 is 10.8 Å². The Bertz CT molecular complexity index is 1490. The van der Waals surface area contributed by atoms with Crippen LogP contribution >= 0.6 is 0 Å². The number of hydrogen-bond acceptors (Lipinski definition) is 7. The Kier molecular flexibility index (Phi) is 10.7. The summed E-state index contributed by atoms with van der Waals surface area (Å²) in [6.07, 6.45) is 1.92. The molecule has 0 bridgehead atoms.